The normalized spacial score (nSPS) is 14.3. The van der Waals surface area contributed by atoms with Crippen LogP contribution in [0, 0.1) is 0 Å². The summed E-state index contributed by atoms with van der Waals surface area (Å²) in [5.41, 5.74) is 0. The van der Waals surface area contributed by atoms with Gasteiger partial charge in [0.1, 0.15) is 0 Å². The highest BCUT2D eigenvalue weighted by Gasteiger charge is 2.91. The molecule has 0 rings (SSSR count). The van der Waals surface area contributed by atoms with Crippen molar-refractivity contribution in [3.05, 3.63) is 0 Å². The lowest BCUT2D eigenvalue weighted by Gasteiger charge is -2.39. The predicted octanol–water partition coefficient (Wildman–Crippen LogP) is 8.54. The van der Waals surface area contributed by atoms with Gasteiger partial charge in [0.15, 0.2) is 0 Å². The Morgan fingerprint density at radius 2 is 0.833 bits per heavy atom. The summed E-state index contributed by atoms with van der Waals surface area (Å²) >= 11 is 0. The molecule has 15 heteroatoms. The van der Waals surface area contributed by atoms with Crippen molar-refractivity contribution in [2.24, 2.45) is 0 Å². The molecule has 0 radical (unpaired) electrons. The van der Waals surface area contributed by atoms with Gasteiger partial charge in [0, 0.05) is 6.54 Å². The third-order valence-corrected chi connectivity index (χ3v) is 5.53. The van der Waals surface area contributed by atoms with Crippen molar-refractivity contribution in [1.29, 1.82) is 0 Å². The highest BCUT2D eigenvalue weighted by atomic mass is 19.4. The number of alkyl halides is 13. The van der Waals surface area contributed by atoms with Crippen LogP contribution < -0.4 is 5.32 Å². The van der Waals surface area contributed by atoms with Crippen LogP contribution in [-0.4, -0.2) is 48.2 Å². The number of carbonyl (C=O) groups is 1. The fraction of sp³-hybridized carbons (Fsp3) is 0.952. The minimum absolute atomic E-state index is 0.0941. The van der Waals surface area contributed by atoms with Crippen LogP contribution in [0.5, 0.6) is 0 Å². The van der Waals surface area contributed by atoms with E-state index in [0.717, 1.165) is 56.7 Å². The molecule has 0 unspecified atom stereocenters. The number of unbranched alkanes of at least 4 members (excludes halogenated alkanes) is 11. The van der Waals surface area contributed by atoms with Crippen LogP contribution in [0.2, 0.25) is 0 Å². The second kappa shape index (κ2) is 13.4. The third kappa shape index (κ3) is 7.78. The quantitative estimate of drug-likeness (QED) is 0.132. The van der Waals surface area contributed by atoms with Gasteiger partial charge in [-0.15, -0.1) is 0 Å². The topological polar surface area (TPSA) is 29.1 Å². The minimum Gasteiger partial charge on any atom is -0.351 e. The Balaban J connectivity index is 4.75. The van der Waals surface area contributed by atoms with Crippen molar-refractivity contribution in [3.63, 3.8) is 0 Å². The predicted molar refractivity (Wildman–Crippen MR) is 105 cm³/mol. The zero-order chi connectivity index (χ0) is 28.5. The van der Waals surface area contributed by atoms with E-state index in [2.05, 4.69) is 6.92 Å². The van der Waals surface area contributed by atoms with E-state index in [0.29, 0.717) is 12.8 Å². The summed E-state index contributed by atoms with van der Waals surface area (Å²) in [6.45, 7) is 1.32. The van der Waals surface area contributed by atoms with E-state index in [-0.39, 0.29) is 6.42 Å². The molecule has 0 saturated carbocycles. The summed E-state index contributed by atoms with van der Waals surface area (Å²) in [7, 11) is 0. The molecular formula is C21H30F13NO. The third-order valence-electron chi connectivity index (χ3n) is 5.53. The molecule has 1 amide bonds. The van der Waals surface area contributed by atoms with Gasteiger partial charge in [0.25, 0.3) is 5.91 Å². The van der Waals surface area contributed by atoms with Crippen LogP contribution in [0.4, 0.5) is 57.1 Å². The molecule has 36 heavy (non-hydrogen) atoms. The Hall–Kier alpha value is -1.44. The fourth-order valence-corrected chi connectivity index (χ4v) is 3.19. The van der Waals surface area contributed by atoms with E-state index in [1.807, 2.05) is 0 Å². The molecule has 0 spiro atoms. The van der Waals surface area contributed by atoms with Crippen molar-refractivity contribution < 1.29 is 61.9 Å². The molecular weight excluding hydrogens is 529 g/mol. The Morgan fingerprint density at radius 3 is 1.19 bits per heavy atom. The van der Waals surface area contributed by atoms with Crippen molar-refractivity contribution >= 4 is 5.91 Å². The lowest BCUT2D eigenvalue weighted by atomic mass is 9.93. The van der Waals surface area contributed by atoms with E-state index in [9.17, 15) is 61.9 Å². The fourth-order valence-electron chi connectivity index (χ4n) is 3.19. The molecule has 1 N–H and O–H groups in total. The molecule has 0 saturated heterocycles. The number of hydrogen-bond acceptors (Lipinski definition) is 1. The zero-order valence-corrected chi connectivity index (χ0v) is 19.5. The molecule has 2 nitrogen and oxygen atoms in total. The van der Waals surface area contributed by atoms with Crippen LogP contribution in [-0.2, 0) is 4.79 Å². The lowest BCUT2D eigenvalue weighted by Crippen LogP contribution is -2.72. The molecule has 0 aliphatic heterocycles. The molecule has 0 bridgehead atoms. The van der Waals surface area contributed by atoms with E-state index < -0.39 is 48.2 Å². The van der Waals surface area contributed by atoms with Crippen molar-refractivity contribution in [2.75, 3.05) is 6.54 Å². The first-order chi connectivity index (χ1) is 16.2. The number of carbonyl (C=O) groups excluding carboxylic acids is 1. The number of nitrogens with one attached hydrogen (secondary N) is 1. The molecule has 0 aliphatic rings. The summed E-state index contributed by atoms with van der Waals surface area (Å²) in [4.78, 5) is 11.3. The van der Waals surface area contributed by atoms with E-state index >= 15 is 0 Å². The minimum atomic E-state index is -8.01. The van der Waals surface area contributed by atoms with Gasteiger partial charge in [-0.05, 0) is 6.42 Å². The first-order valence-corrected chi connectivity index (χ1v) is 11.5. The molecule has 0 aromatic rings. The number of rotatable bonds is 18. The maximum atomic E-state index is 13.7. The summed E-state index contributed by atoms with van der Waals surface area (Å²) in [6.07, 6.45) is 2.51. The average Bonchev–Trinajstić information content (AvgIpc) is 2.75. The Bertz CT molecular complexity index is 663. The van der Waals surface area contributed by atoms with Gasteiger partial charge < -0.3 is 5.32 Å². The van der Waals surface area contributed by atoms with Crippen LogP contribution in [0.3, 0.4) is 0 Å². The van der Waals surface area contributed by atoms with E-state index in [1.54, 1.807) is 0 Å². The standard InChI is InChI=1S/C21H30F13NO/c1-2-3-4-5-6-7-8-9-10-11-12-13-14-35-15(36)16(22,23)17(24,25)18(26,27)19(28,29)20(30,31)21(32,33)34/h2-14H2,1H3,(H,35,36). The van der Waals surface area contributed by atoms with Crippen molar-refractivity contribution in [2.45, 2.75) is 120 Å². The van der Waals surface area contributed by atoms with Gasteiger partial charge in [0.05, 0.1) is 0 Å². The summed E-state index contributed by atoms with van der Waals surface area (Å²) in [6, 6.07) is 0. The smallest absolute Gasteiger partial charge is 0.351 e. The van der Waals surface area contributed by atoms with Crippen LogP contribution in [0.25, 0.3) is 0 Å². The number of amides is 1. The molecule has 0 heterocycles. The summed E-state index contributed by atoms with van der Waals surface area (Å²) < 4.78 is 169. The van der Waals surface area contributed by atoms with E-state index in [1.165, 1.54) is 6.42 Å². The summed E-state index contributed by atoms with van der Waals surface area (Å²) in [5.74, 6) is -41.3. The van der Waals surface area contributed by atoms with Crippen molar-refractivity contribution in [1.82, 2.24) is 5.32 Å². The highest BCUT2D eigenvalue weighted by molar-refractivity contribution is 5.84. The second-order valence-corrected chi connectivity index (χ2v) is 8.51. The van der Waals surface area contributed by atoms with Crippen molar-refractivity contribution in [3.8, 4) is 0 Å². The Kier molecular flexibility index (Phi) is 12.8. The molecule has 0 aromatic carbocycles. The van der Waals surface area contributed by atoms with Gasteiger partial charge in [-0.3, -0.25) is 4.79 Å². The van der Waals surface area contributed by atoms with E-state index in [4.69, 9.17) is 0 Å². The van der Waals surface area contributed by atoms with Gasteiger partial charge in [-0.1, -0.05) is 77.6 Å². The van der Waals surface area contributed by atoms with Gasteiger partial charge in [-0.2, -0.15) is 57.1 Å². The SMILES string of the molecule is CCCCCCCCCCCCCCNC(=O)C(F)(F)C(F)(F)C(F)(F)C(F)(F)C(F)(F)C(F)(F)F. The summed E-state index contributed by atoms with van der Waals surface area (Å²) in [5, 5.41) is 1.10. The largest absolute Gasteiger partial charge is 0.460 e. The monoisotopic (exact) mass is 559 g/mol. The highest BCUT2D eigenvalue weighted by Crippen LogP contribution is 2.60. The van der Waals surface area contributed by atoms with Gasteiger partial charge >= 0.3 is 35.8 Å². The molecule has 0 fully saturated rings. The van der Waals surface area contributed by atoms with Gasteiger partial charge in [-0.25, -0.2) is 0 Å². The van der Waals surface area contributed by atoms with Crippen LogP contribution >= 0.6 is 0 Å². The maximum Gasteiger partial charge on any atom is 0.460 e. The molecule has 0 aromatic heterocycles. The van der Waals surface area contributed by atoms with Crippen LogP contribution in [0.15, 0.2) is 0 Å². The van der Waals surface area contributed by atoms with Crippen LogP contribution in [0.1, 0.15) is 84.0 Å². The second-order valence-electron chi connectivity index (χ2n) is 8.51. The average molecular weight is 559 g/mol. The Labute approximate surface area is 200 Å². The van der Waals surface area contributed by atoms with Gasteiger partial charge in [0.2, 0.25) is 0 Å². The maximum absolute atomic E-state index is 13.7. The number of halogens is 13. The Morgan fingerprint density at radius 1 is 0.500 bits per heavy atom. The number of hydrogen-bond donors (Lipinski definition) is 1. The molecule has 216 valence electrons. The molecule has 0 atom stereocenters. The lowest BCUT2D eigenvalue weighted by molar-refractivity contribution is -0.436. The zero-order valence-electron chi connectivity index (χ0n) is 19.5. The first kappa shape index (κ1) is 34.6. The first-order valence-electron chi connectivity index (χ1n) is 11.5. The molecule has 0 aliphatic carbocycles.